The number of rotatable bonds is 7. The number of aryl methyl sites for hydroxylation is 1. The van der Waals surface area contributed by atoms with Crippen LogP contribution in [0.1, 0.15) is 24.3 Å². The van der Waals surface area contributed by atoms with Crippen molar-refractivity contribution in [3.63, 3.8) is 0 Å². The molecule has 26 heavy (non-hydrogen) atoms. The van der Waals surface area contributed by atoms with Gasteiger partial charge in [-0.15, -0.1) is 0 Å². The zero-order chi connectivity index (χ0) is 18.4. The lowest BCUT2D eigenvalue weighted by Crippen LogP contribution is -2.40. The Balaban J connectivity index is 1.42. The molecule has 0 saturated carbocycles. The Morgan fingerprint density at radius 2 is 1.92 bits per heavy atom. The lowest BCUT2D eigenvalue weighted by Gasteiger charge is -2.18. The minimum atomic E-state index is -0.178. The highest BCUT2D eigenvalue weighted by atomic mass is 16.5. The molecule has 1 aromatic carbocycles. The van der Waals surface area contributed by atoms with Crippen LogP contribution in [0.4, 0.5) is 5.69 Å². The third-order valence-corrected chi connectivity index (χ3v) is 4.32. The van der Waals surface area contributed by atoms with Crippen LogP contribution in [-0.4, -0.2) is 36.2 Å². The number of aromatic nitrogens is 1. The van der Waals surface area contributed by atoms with Gasteiger partial charge in [-0.25, -0.2) is 0 Å². The molecule has 1 aromatic heterocycles. The first-order valence-corrected chi connectivity index (χ1v) is 8.74. The molecule has 7 heteroatoms. The molecular weight excluding hydrogens is 334 g/mol. The summed E-state index contributed by atoms with van der Waals surface area (Å²) in [7, 11) is 0. The average molecular weight is 357 g/mol. The summed E-state index contributed by atoms with van der Waals surface area (Å²) in [5, 5.41) is 9.62. The number of ether oxygens (including phenoxy) is 1. The Morgan fingerprint density at radius 1 is 1.15 bits per heavy atom. The van der Waals surface area contributed by atoms with Gasteiger partial charge in [0.05, 0.1) is 24.9 Å². The fourth-order valence-electron chi connectivity index (χ4n) is 2.98. The van der Waals surface area contributed by atoms with Gasteiger partial charge in [0.25, 0.3) is 0 Å². The summed E-state index contributed by atoms with van der Waals surface area (Å²) in [5.74, 6) is 0.606. The number of nitrogens with zero attached hydrogens (tertiary/aromatic N) is 1. The van der Waals surface area contributed by atoms with Crippen molar-refractivity contribution < 1.29 is 18.8 Å². The number of hydrogen-bond donors (Lipinski definition) is 2. The fourth-order valence-corrected chi connectivity index (χ4v) is 2.98. The molecule has 1 saturated heterocycles. The van der Waals surface area contributed by atoms with Gasteiger partial charge in [-0.05, 0) is 19.1 Å². The van der Waals surface area contributed by atoms with Crippen molar-refractivity contribution in [1.29, 1.82) is 0 Å². The van der Waals surface area contributed by atoms with E-state index in [0.29, 0.717) is 19.6 Å². The van der Waals surface area contributed by atoms with E-state index in [1.54, 1.807) is 0 Å². The minimum absolute atomic E-state index is 0.0786. The molecule has 2 amide bonds. The molecule has 2 atom stereocenters. The lowest BCUT2D eigenvalue weighted by molar-refractivity contribution is -0.125. The van der Waals surface area contributed by atoms with Gasteiger partial charge in [0.1, 0.15) is 5.76 Å². The molecule has 0 aliphatic carbocycles. The first-order valence-electron chi connectivity index (χ1n) is 8.74. The van der Waals surface area contributed by atoms with E-state index in [1.807, 2.05) is 43.3 Å². The SMILES string of the molecule is Cc1cc(C[C@@H]2COC[C@@H]2NC(=O)CCC(=O)Nc2ccccc2)on1. The Kier molecular flexibility index (Phi) is 6.01. The summed E-state index contributed by atoms with van der Waals surface area (Å²) in [6.45, 7) is 2.91. The Morgan fingerprint density at radius 3 is 2.65 bits per heavy atom. The van der Waals surface area contributed by atoms with Crippen LogP contribution < -0.4 is 10.6 Å². The predicted octanol–water partition coefficient (Wildman–Crippen LogP) is 2.08. The van der Waals surface area contributed by atoms with Gasteiger partial charge in [-0.1, -0.05) is 23.4 Å². The molecule has 1 fully saturated rings. The number of anilines is 1. The number of carbonyl (C=O) groups excluding carboxylic acids is 2. The van der Waals surface area contributed by atoms with Crippen molar-refractivity contribution in [3.8, 4) is 0 Å². The Labute approximate surface area is 152 Å². The summed E-state index contributed by atoms with van der Waals surface area (Å²) in [4.78, 5) is 24.1. The zero-order valence-electron chi connectivity index (χ0n) is 14.7. The summed E-state index contributed by atoms with van der Waals surface area (Å²) in [5.41, 5.74) is 1.56. The summed E-state index contributed by atoms with van der Waals surface area (Å²) in [6, 6.07) is 11.0. The van der Waals surface area contributed by atoms with E-state index in [4.69, 9.17) is 9.26 Å². The lowest BCUT2D eigenvalue weighted by atomic mass is 9.98. The first-order chi connectivity index (χ1) is 12.6. The van der Waals surface area contributed by atoms with Crippen molar-refractivity contribution in [3.05, 3.63) is 47.9 Å². The minimum Gasteiger partial charge on any atom is -0.379 e. The molecule has 7 nitrogen and oxygen atoms in total. The van der Waals surface area contributed by atoms with Crippen LogP contribution in [0.25, 0.3) is 0 Å². The van der Waals surface area contributed by atoms with Crippen LogP contribution in [0, 0.1) is 12.8 Å². The maximum absolute atomic E-state index is 12.2. The number of benzene rings is 1. The summed E-state index contributed by atoms with van der Waals surface area (Å²) < 4.78 is 10.7. The molecule has 0 unspecified atom stereocenters. The second kappa shape index (κ2) is 8.62. The monoisotopic (exact) mass is 357 g/mol. The van der Waals surface area contributed by atoms with E-state index >= 15 is 0 Å². The number of amides is 2. The molecule has 0 spiro atoms. The van der Waals surface area contributed by atoms with Gasteiger partial charge in [-0.2, -0.15) is 0 Å². The van der Waals surface area contributed by atoms with E-state index in [2.05, 4.69) is 15.8 Å². The van der Waals surface area contributed by atoms with Crippen LogP contribution in [0.3, 0.4) is 0 Å². The molecule has 3 rings (SSSR count). The molecule has 2 heterocycles. The topological polar surface area (TPSA) is 93.5 Å². The van der Waals surface area contributed by atoms with Gasteiger partial charge in [0, 0.05) is 36.9 Å². The zero-order valence-corrected chi connectivity index (χ0v) is 14.7. The molecule has 1 aliphatic rings. The van der Waals surface area contributed by atoms with Gasteiger partial charge < -0.3 is 19.9 Å². The third-order valence-electron chi connectivity index (χ3n) is 4.32. The van der Waals surface area contributed by atoms with E-state index in [1.165, 1.54) is 0 Å². The highest BCUT2D eigenvalue weighted by Gasteiger charge is 2.30. The van der Waals surface area contributed by atoms with Gasteiger partial charge in [0.2, 0.25) is 11.8 Å². The molecular formula is C19H23N3O4. The Bertz CT molecular complexity index is 744. The van der Waals surface area contributed by atoms with Crippen molar-refractivity contribution in [2.24, 2.45) is 5.92 Å². The number of carbonyl (C=O) groups is 2. The van der Waals surface area contributed by atoms with Crippen molar-refractivity contribution in [2.75, 3.05) is 18.5 Å². The highest BCUT2D eigenvalue weighted by molar-refractivity contribution is 5.93. The molecule has 0 radical (unpaired) electrons. The van der Waals surface area contributed by atoms with Gasteiger partial charge >= 0.3 is 0 Å². The number of para-hydroxylation sites is 1. The van der Waals surface area contributed by atoms with Crippen LogP contribution in [-0.2, 0) is 20.7 Å². The first kappa shape index (κ1) is 18.1. The van der Waals surface area contributed by atoms with Crippen molar-refractivity contribution in [1.82, 2.24) is 10.5 Å². The molecule has 0 bridgehead atoms. The van der Waals surface area contributed by atoms with E-state index in [0.717, 1.165) is 17.1 Å². The van der Waals surface area contributed by atoms with Crippen LogP contribution >= 0.6 is 0 Å². The van der Waals surface area contributed by atoms with Crippen molar-refractivity contribution >= 4 is 17.5 Å². The molecule has 138 valence electrons. The number of hydrogen-bond acceptors (Lipinski definition) is 5. The standard InChI is InChI=1S/C19H23N3O4/c1-13-9-16(26-22-13)10-14-11-25-12-17(14)21-19(24)8-7-18(23)20-15-5-3-2-4-6-15/h2-6,9,14,17H,7-8,10-12H2,1H3,(H,20,23)(H,21,24)/t14-,17+/m1/s1. The molecule has 2 N–H and O–H groups in total. The number of nitrogens with one attached hydrogen (secondary N) is 2. The second-order valence-corrected chi connectivity index (χ2v) is 6.52. The Hall–Kier alpha value is -2.67. The van der Waals surface area contributed by atoms with E-state index < -0.39 is 0 Å². The van der Waals surface area contributed by atoms with Gasteiger partial charge in [-0.3, -0.25) is 9.59 Å². The summed E-state index contributed by atoms with van der Waals surface area (Å²) in [6.07, 6.45) is 0.948. The largest absolute Gasteiger partial charge is 0.379 e. The quantitative estimate of drug-likeness (QED) is 0.791. The fraction of sp³-hybridized carbons (Fsp3) is 0.421. The van der Waals surface area contributed by atoms with Crippen LogP contribution in [0.5, 0.6) is 0 Å². The smallest absolute Gasteiger partial charge is 0.224 e. The van der Waals surface area contributed by atoms with Crippen molar-refractivity contribution in [2.45, 2.75) is 32.2 Å². The highest BCUT2D eigenvalue weighted by Crippen LogP contribution is 2.20. The maximum atomic E-state index is 12.2. The van der Waals surface area contributed by atoms with E-state index in [9.17, 15) is 9.59 Å². The maximum Gasteiger partial charge on any atom is 0.224 e. The second-order valence-electron chi connectivity index (χ2n) is 6.52. The van der Waals surface area contributed by atoms with E-state index in [-0.39, 0.29) is 36.6 Å². The summed E-state index contributed by atoms with van der Waals surface area (Å²) >= 11 is 0. The predicted molar refractivity (Wildman–Crippen MR) is 95.5 cm³/mol. The molecule has 1 aliphatic heterocycles. The average Bonchev–Trinajstić information content (AvgIpc) is 3.23. The van der Waals surface area contributed by atoms with Crippen LogP contribution in [0.15, 0.2) is 40.9 Å². The van der Waals surface area contributed by atoms with Gasteiger partial charge in [0.15, 0.2) is 0 Å². The third kappa shape index (κ3) is 5.16. The molecule has 2 aromatic rings. The van der Waals surface area contributed by atoms with Crippen LogP contribution in [0.2, 0.25) is 0 Å². The normalized spacial score (nSPS) is 19.3.